The van der Waals surface area contributed by atoms with E-state index in [0.717, 1.165) is 11.1 Å². The van der Waals surface area contributed by atoms with E-state index in [4.69, 9.17) is 0 Å². The van der Waals surface area contributed by atoms with Crippen LogP contribution in [0.1, 0.15) is 18.1 Å². The normalized spacial score (nSPS) is 10.1. The predicted octanol–water partition coefficient (Wildman–Crippen LogP) is 3.33. The lowest BCUT2D eigenvalue weighted by Crippen LogP contribution is -2.39. The van der Waals surface area contributed by atoms with Crippen molar-refractivity contribution in [3.05, 3.63) is 75.8 Å². The molecule has 23 heavy (non-hydrogen) atoms. The summed E-state index contributed by atoms with van der Waals surface area (Å²) in [4.78, 5) is 24.1. The minimum atomic E-state index is -0.443. The zero-order valence-corrected chi connectivity index (χ0v) is 12.9. The maximum atomic E-state index is 12.2. The molecule has 0 spiro atoms. The SMILES string of the molecule is CCN(Cc1ccccc1)C(=O)NCc1ccc([N+](=O)[O-])cc1. The zero-order valence-electron chi connectivity index (χ0n) is 12.9. The first kappa shape index (κ1) is 16.5. The summed E-state index contributed by atoms with van der Waals surface area (Å²) in [7, 11) is 0. The van der Waals surface area contributed by atoms with Gasteiger partial charge in [-0.3, -0.25) is 10.1 Å². The molecule has 0 aliphatic rings. The van der Waals surface area contributed by atoms with E-state index in [2.05, 4.69) is 5.32 Å². The van der Waals surface area contributed by atoms with Gasteiger partial charge in [-0.05, 0) is 18.1 Å². The highest BCUT2D eigenvalue weighted by Crippen LogP contribution is 2.12. The van der Waals surface area contributed by atoms with Crippen molar-refractivity contribution in [1.29, 1.82) is 0 Å². The van der Waals surface area contributed by atoms with Gasteiger partial charge < -0.3 is 10.2 Å². The summed E-state index contributed by atoms with van der Waals surface area (Å²) in [5.41, 5.74) is 1.93. The minimum absolute atomic E-state index is 0.0411. The second kappa shape index (κ2) is 7.93. The molecule has 0 radical (unpaired) electrons. The van der Waals surface area contributed by atoms with Gasteiger partial charge in [0, 0.05) is 31.8 Å². The third kappa shape index (κ3) is 4.81. The molecular weight excluding hydrogens is 294 g/mol. The Kier molecular flexibility index (Phi) is 5.68. The van der Waals surface area contributed by atoms with E-state index in [9.17, 15) is 14.9 Å². The maximum Gasteiger partial charge on any atom is 0.317 e. The Morgan fingerprint density at radius 1 is 1.09 bits per heavy atom. The van der Waals surface area contributed by atoms with Gasteiger partial charge in [0.25, 0.3) is 5.69 Å². The molecule has 2 amide bonds. The number of nitro benzene ring substituents is 1. The lowest BCUT2D eigenvalue weighted by Gasteiger charge is -2.21. The number of hydrogen-bond acceptors (Lipinski definition) is 3. The standard InChI is InChI=1S/C17H19N3O3/c1-2-19(13-15-6-4-3-5-7-15)17(21)18-12-14-8-10-16(11-9-14)20(22)23/h3-11H,2,12-13H2,1H3,(H,18,21). The fraction of sp³-hybridized carbons (Fsp3) is 0.235. The first-order valence-corrected chi connectivity index (χ1v) is 7.40. The molecule has 0 aromatic heterocycles. The number of urea groups is 1. The number of carbonyl (C=O) groups is 1. The molecule has 0 aliphatic heterocycles. The summed E-state index contributed by atoms with van der Waals surface area (Å²) in [6.07, 6.45) is 0. The van der Waals surface area contributed by atoms with Gasteiger partial charge in [0.1, 0.15) is 0 Å². The molecule has 6 nitrogen and oxygen atoms in total. The molecular formula is C17H19N3O3. The van der Waals surface area contributed by atoms with Crippen LogP contribution in [0.3, 0.4) is 0 Å². The second-order valence-electron chi connectivity index (χ2n) is 5.08. The van der Waals surface area contributed by atoms with Crippen LogP contribution in [0.4, 0.5) is 10.5 Å². The third-order valence-corrected chi connectivity index (χ3v) is 3.48. The average molecular weight is 313 g/mol. The van der Waals surface area contributed by atoms with E-state index in [-0.39, 0.29) is 11.7 Å². The number of nitrogens with zero attached hydrogens (tertiary/aromatic N) is 2. The van der Waals surface area contributed by atoms with E-state index < -0.39 is 4.92 Å². The van der Waals surface area contributed by atoms with Crippen LogP contribution in [-0.4, -0.2) is 22.4 Å². The summed E-state index contributed by atoms with van der Waals surface area (Å²) in [6, 6.07) is 15.8. The Labute approximate surface area is 134 Å². The third-order valence-electron chi connectivity index (χ3n) is 3.48. The Hall–Kier alpha value is -2.89. The van der Waals surface area contributed by atoms with Gasteiger partial charge in [0.2, 0.25) is 0 Å². The number of nitro groups is 1. The Balaban J connectivity index is 1.90. The van der Waals surface area contributed by atoms with Crippen LogP contribution < -0.4 is 5.32 Å². The van der Waals surface area contributed by atoms with E-state index in [1.165, 1.54) is 12.1 Å². The molecule has 0 atom stereocenters. The molecule has 0 fully saturated rings. The summed E-state index contributed by atoms with van der Waals surface area (Å²) >= 11 is 0. The largest absolute Gasteiger partial charge is 0.334 e. The van der Waals surface area contributed by atoms with Crippen LogP contribution >= 0.6 is 0 Å². The van der Waals surface area contributed by atoms with E-state index in [1.807, 2.05) is 37.3 Å². The van der Waals surface area contributed by atoms with Crippen molar-refractivity contribution in [2.75, 3.05) is 6.54 Å². The van der Waals surface area contributed by atoms with Gasteiger partial charge in [-0.2, -0.15) is 0 Å². The van der Waals surface area contributed by atoms with Crippen molar-refractivity contribution in [2.45, 2.75) is 20.0 Å². The van der Waals surface area contributed by atoms with Crippen molar-refractivity contribution in [1.82, 2.24) is 10.2 Å². The van der Waals surface area contributed by atoms with E-state index >= 15 is 0 Å². The maximum absolute atomic E-state index is 12.2. The van der Waals surface area contributed by atoms with Crippen molar-refractivity contribution >= 4 is 11.7 Å². The Bertz CT molecular complexity index is 657. The van der Waals surface area contributed by atoms with E-state index in [1.54, 1.807) is 17.0 Å². The molecule has 0 saturated heterocycles. The Morgan fingerprint density at radius 2 is 1.74 bits per heavy atom. The molecule has 2 aromatic rings. The van der Waals surface area contributed by atoms with Gasteiger partial charge >= 0.3 is 6.03 Å². The van der Waals surface area contributed by atoms with Gasteiger partial charge in [0.05, 0.1) is 4.92 Å². The highest BCUT2D eigenvalue weighted by Gasteiger charge is 2.12. The molecule has 2 aromatic carbocycles. The summed E-state index contributed by atoms with van der Waals surface area (Å²) in [6.45, 7) is 3.40. The van der Waals surface area contributed by atoms with Crippen LogP contribution in [0.25, 0.3) is 0 Å². The fourth-order valence-electron chi connectivity index (χ4n) is 2.16. The van der Waals surface area contributed by atoms with Crippen LogP contribution in [0.5, 0.6) is 0 Å². The predicted molar refractivity (Wildman–Crippen MR) is 87.9 cm³/mol. The minimum Gasteiger partial charge on any atom is -0.334 e. The lowest BCUT2D eigenvalue weighted by atomic mass is 10.2. The summed E-state index contributed by atoms with van der Waals surface area (Å²) < 4.78 is 0. The molecule has 0 aliphatic carbocycles. The first-order valence-electron chi connectivity index (χ1n) is 7.40. The van der Waals surface area contributed by atoms with Gasteiger partial charge in [0.15, 0.2) is 0 Å². The monoisotopic (exact) mass is 313 g/mol. The van der Waals surface area contributed by atoms with Gasteiger partial charge in [-0.1, -0.05) is 42.5 Å². The molecule has 120 valence electrons. The molecule has 2 rings (SSSR count). The van der Waals surface area contributed by atoms with Crippen LogP contribution in [-0.2, 0) is 13.1 Å². The first-order chi connectivity index (χ1) is 11.1. The molecule has 0 unspecified atom stereocenters. The zero-order chi connectivity index (χ0) is 16.7. The van der Waals surface area contributed by atoms with Crippen molar-refractivity contribution in [3.8, 4) is 0 Å². The van der Waals surface area contributed by atoms with Crippen LogP contribution in [0.15, 0.2) is 54.6 Å². The van der Waals surface area contributed by atoms with Crippen molar-refractivity contribution in [3.63, 3.8) is 0 Å². The smallest absolute Gasteiger partial charge is 0.317 e. The number of nitrogens with one attached hydrogen (secondary N) is 1. The van der Waals surface area contributed by atoms with Crippen LogP contribution in [0.2, 0.25) is 0 Å². The van der Waals surface area contributed by atoms with Crippen molar-refractivity contribution in [2.24, 2.45) is 0 Å². The highest BCUT2D eigenvalue weighted by molar-refractivity contribution is 5.74. The number of rotatable bonds is 6. The molecule has 0 heterocycles. The summed E-state index contributed by atoms with van der Waals surface area (Å²) in [5.74, 6) is 0. The molecule has 6 heteroatoms. The summed E-state index contributed by atoms with van der Waals surface area (Å²) in [5, 5.41) is 13.4. The number of benzene rings is 2. The molecule has 1 N–H and O–H groups in total. The fourth-order valence-corrected chi connectivity index (χ4v) is 2.16. The number of hydrogen-bond donors (Lipinski definition) is 1. The average Bonchev–Trinajstić information content (AvgIpc) is 2.58. The molecule has 0 saturated carbocycles. The number of amides is 2. The lowest BCUT2D eigenvalue weighted by molar-refractivity contribution is -0.384. The topological polar surface area (TPSA) is 75.5 Å². The highest BCUT2D eigenvalue weighted by atomic mass is 16.6. The number of carbonyl (C=O) groups excluding carboxylic acids is 1. The van der Waals surface area contributed by atoms with Crippen molar-refractivity contribution < 1.29 is 9.72 Å². The van der Waals surface area contributed by atoms with Gasteiger partial charge in [-0.15, -0.1) is 0 Å². The second-order valence-corrected chi connectivity index (χ2v) is 5.08. The Morgan fingerprint density at radius 3 is 2.30 bits per heavy atom. The molecule has 0 bridgehead atoms. The number of non-ortho nitro benzene ring substituents is 1. The van der Waals surface area contributed by atoms with Gasteiger partial charge in [-0.25, -0.2) is 4.79 Å². The quantitative estimate of drug-likeness (QED) is 0.656. The van der Waals surface area contributed by atoms with Crippen LogP contribution in [0, 0.1) is 10.1 Å². The van der Waals surface area contributed by atoms with E-state index in [0.29, 0.717) is 19.6 Å².